The number of fused-ring (bicyclic) bond motifs is 3. The highest BCUT2D eigenvalue weighted by molar-refractivity contribution is 5.78. The summed E-state index contributed by atoms with van der Waals surface area (Å²) in [6.07, 6.45) is 3.08. The Labute approximate surface area is 148 Å². The lowest BCUT2D eigenvalue weighted by Crippen LogP contribution is -2.73. The highest BCUT2D eigenvalue weighted by atomic mass is 16.4. The smallest absolute Gasteiger partial charge is 0.481 e. The number of carbonyl (C=O) groups is 2. The fraction of sp³-hybridized carbons (Fsp3) is 0.667. The van der Waals surface area contributed by atoms with E-state index in [4.69, 9.17) is 0 Å². The predicted octanol–water partition coefficient (Wildman–Crippen LogP) is 1.83. The number of quaternary nitrogens is 1. The lowest BCUT2D eigenvalue weighted by molar-refractivity contribution is -0.873. The summed E-state index contributed by atoms with van der Waals surface area (Å²) < 4.78 is -0.245. The number of nitrogens with zero attached hydrogens (tertiary/aromatic N) is 2. The highest BCUT2D eigenvalue weighted by Crippen LogP contribution is 2.47. The molecule has 25 heavy (non-hydrogen) atoms. The summed E-state index contributed by atoms with van der Waals surface area (Å²) in [5.74, 6) is -0.921. The lowest BCUT2D eigenvalue weighted by atomic mass is 9.78. The molecule has 0 aromatic heterocycles. The quantitative estimate of drug-likeness (QED) is 0.625. The van der Waals surface area contributed by atoms with E-state index in [0.29, 0.717) is 18.7 Å². The van der Waals surface area contributed by atoms with Gasteiger partial charge in [0.2, 0.25) is 0 Å². The Morgan fingerprint density at radius 2 is 2.04 bits per heavy atom. The number of carboxylic acids is 1. The van der Waals surface area contributed by atoms with Gasteiger partial charge in [0, 0.05) is 19.6 Å². The van der Waals surface area contributed by atoms with Crippen LogP contribution >= 0.6 is 0 Å². The first kappa shape index (κ1) is 17.9. The minimum atomic E-state index is -1.08. The van der Waals surface area contributed by atoms with Gasteiger partial charge in [-0.1, -0.05) is 6.08 Å². The molecule has 0 spiro atoms. The maximum atomic E-state index is 12.6. The summed E-state index contributed by atoms with van der Waals surface area (Å²) in [6, 6.07) is 0.0849. The number of allylic oxidation sites excluding steroid dienone is 1. The molecule has 3 rings (SSSR count). The average Bonchev–Trinajstić information content (AvgIpc) is 2.52. The summed E-state index contributed by atoms with van der Waals surface area (Å²) in [5, 5.41) is 23.3. The van der Waals surface area contributed by atoms with Crippen LogP contribution in [0.15, 0.2) is 23.5 Å². The topological polar surface area (TPSA) is 89.9 Å². The third-order valence-electron chi connectivity index (χ3n) is 5.95. The number of hydrogen-bond donors (Lipinski definition) is 3. The van der Waals surface area contributed by atoms with Gasteiger partial charge in [0.15, 0.2) is 5.70 Å². The van der Waals surface area contributed by atoms with Gasteiger partial charge in [-0.3, -0.25) is 4.79 Å². The number of rotatable bonds is 1. The van der Waals surface area contributed by atoms with Crippen molar-refractivity contribution in [1.82, 2.24) is 10.2 Å². The van der Waals surface area contributed by atoms with Crippen molar-refractivity contribution in [1.29, 1.82) is 0 Å². The molecule has 2 aliphatic heterocycles. The number of aliphatic carboxylic acids is 1. The predicted molar refractivity (Wildman–Crippen MR) is 92.8 cm³/mol. The minimum Gasteiger partial charge on any atom is -0.481 e. The summed E-state index contributed by atoms with van der Waals surface area (Å²) in [4.78, 5) is 26.6. The molecule has 1 amide bonds. The Morgan fingerprint density at radius 1 is 1.36 bits per heavy atom. The van der Waals surface area contributed by atoms with Gasteiger partial charge in [-0.25, -0.2) is 0 Å². The molecule has 1 aliphatic carbocycles. The summed E-state index contributed by atoms with van der Waals surface area (Å²) >= 11 is 0. The molecule has 3 unspecified atom stereocenters. The second-order valence-corrected chi connectivity index (χ2v) is 8.54. The molecule has 3 aliphatic rings. The zero-order valence-corrected chi connectivity index (χ0v) is 15.4. The van der Waals surface area contributed by atoms with E-state index in [0.717, 1.165) is 25.3 Å². The number of hydrogen-bond acceptors (Lipinski definition) is 4. The zero-order chi connectivity index (χ0) is 18.6. The van der Waals surface area contributed by atoms with E-state index < -0.39 is 23.0 Å². The number of nitrogens with one attached hydrogen (secondary N) is 1. The molecular weight excluding hydrogens is 322 g/mol. The highest BCUT2D eigenvalue weighted by Gasteiger charge is 2.60. The summed E-state index contributed by atoms with van der Waals surface area (Å²) in [7, 11) is 0. The van der Waals surface area contributed by atoms with E-state index in [2.05, 4.69) is 10.2 Å². The molecule has 3 atom stereocenters. The molecule has 0 aromatic rings. The van der Waals surface area contributed by atoms with Crippen LogP contribution in [0.5, 0.6) is 0 Å². The molecule has 0 saturated carbocycles. The molecule has 2 heterocycles. The molecule has 7 nitrogen and oxygen atoms in total. The van der Waals surface area contributed by atoms with Crippen LogP contribution in [-0.2, 0) is 4.79 Å². The van der Waals surface area contributed by atoms with Gasteiger partial charge in [0.05, 0.1) is 17.2 Å². The van der Waals surface area contributed by atoms with Crippen molar-refractivity contribution in [2.24, 2.45) is 5.41 Å². The van der Waals surface area contributed by atoms with Crippen molar-refractivity contribution in [3.63, 3.8) is 0 Å². The van der Waals surface area contributed by atoms with Crippen molar-refractivity contribution >= 4 is 12.1 Å². The van der Waals surface area contributed by atoms with Gasteiger partial charge in [-0.05, 0) is 40.2 Å². The van der Waals surface area contributed by atoms with Crippen LogP contribution in [0.4, 0.5) is 4.79 Å². The number of piperazine rings is 2. The molecule has 138 valence electrons. The first-order chi connectivity index (χ1) is 11.5. The van der Waals surface area contributed by atoms with Gasteiger partial charge in [0.25, 0.3) is 0 Å². The molecule has 2 saturated heterocycles. The lowest BCUT2D eigenvalue weighted by Gasteiger charge is -2.55. The van der Waals surface area contributed by atoms with Crippen molar-refractivity contribution in [3.8, 4) is 0 Å². The van der Waals surface area contributed by atoms with Gasteiger partial charge >= 0.3 is 12.1 Å². The second kappa shape index (κ2) is 5.57. The van der Waals surface area contributed by atoms with E-state index in [1.54, 1.807) is 13.0 Å². The molecule has 0 aromatic carbocycles. The average molecular weight is 350 g/mol. The van der Waals surface area contributed by atoms with Crippen LogP contribution < -0.4 is 5.32 Å². The van der Waals surface area contributed by atoms with Crippen LogP contribution in [-0.4, -0.2) is 69.4 Å². The number of amides is 1. The molecule has 3 N–H and O–H groups in total. The second-order valence-electron chi connectivity index (χ2n) is 8.54. The van der Waals surface area contributed by atoms with E-state index in [-0.39, 0.29) is 10.5 Å². The molecule has 7 heteroatoms. The van der Waals surface area contributed by atoms with Gasteiger partial charge in [0.1, 0.15) is 12.1 Å². The number of carboxylic acid groups (broad SMARTS) is 2. The van der Waals surface area contributed by atoms with E-state index >= 15 is 0 Å². The summed E-state index contributed by atoms with van der Waals surface area (Å²) in [6.45, 7) is 10.2. The van der Waals surface area contributed by atoms with E-state index in [9.17, 15) is 19.8 Å². The third kappa shape index (κ3) is 2.48. The fourth-order valence-corrected chi connectivity index (χ4v) is 4.33. The molecular formula is C18H28N3O4+. The largest absolute Gasteiger partial charge is 0.519 e. The molecule has 0 radical (unpaired) electrons. The normalized spacial score (nSPS) is 35.2. The van der Waals surface area contributed by atoms with Gasteiger partial charge < -0.3 is 20.4 Å². The first-order valence-corrected chi connectivity index (χ1v) is 8.79. The first-order valence-electron chi connectivity index (χ1n) is 8.79. The van der Waals surface area contributed by atoms with Gasteiger partial charge in [-0.15, -0.1) is 0 Å². The Bertz CT molecular complexity index is 678. The zero-order valence-electron chi connectivity index (χ0n) is 15.4. The Morgan fingerprint density at radius 3 is 2.60 bits per heavy atom. The standard InChI is InChI=1S/C18H27N3O4/c1-17(2,3)21(16(24)25)11-12-10-19-7-8-20(12)13-5-6-18(4,15(22)23)9-14(13)21/h5,9,12,19H,6-8,10-11H2,1-4H3,(H-,22,23,24,25)/p+1. The minimum absolute atomic E-state index is 0.0849. The van der Waals surface area contributed by atoms with Crippen molar-refractivity contribution in [2.75, 3.05) is 26.2 Å². The van der Waals surface area contributed by atoms with Gasteiger partial charge in [-0.2, -0.15) is 9.28 Å². The van der Waals surface area contributed by atoms with Crippen molar-refractivity contribution < 1.29 is 24.3 Å². The Kier molecular flexibility index (Phi) is 4.00. The fourth-order valence-electron chi connectivity index (χ4n) is 4.33. The Hall–Kier alpha value is -1.86. The van der Waals surface area contributed by atoms with Crippen molar-refractivity contribution in [2.45, 2.75) is 45.7 Å². The van der Waals surface area contributed by atoms with Crippen LogP contribution in [0.3, 0.4) is 0 Å². The van der Waals surface area contributed by atoms with Crippen LogP contribution in [0.1, 0.15) is 34.1 Å². The molecule has 2 fully saturated rings. The SMILES string of the molecule is CC1(C(=O)O)C=C2C(=CC1)N1CCNCC1C[N+]2(C(=O)O)C(C)(C)C. The van der Waals surface area contributed by atoms with E-state index in [1.165, 1.54) is 0 Å². The molecule has 0 bridgehead atoms. The maximum Gasteiger partial charge on any atom is 0.519 e. The van der Waals surface area contributed by atoms with Crippen LogP contribution in [0.2, 0.25) is 0 Å². The van der Waals surface area contributed by atoms with E-state index in [1.807, 2.05) is 26.8 Å². The monoisotopic (exact) mass is 350 g/mol. The third-order valence-corrected chi connectivity index (χ3v) is 5.95. The van der Waals surface area contributed by atoms with Crippen LogP contribution in [0.25, 0.3) is 0 Å². The van der Waals surface area contributed by atoms with Crippen molar-refractivity contribution in [3.05, 3.63) is 23.5 Å². The maximum absolute atomic E-state index is 12.6. The van der Waals surface area contributed by atoms with Crippen LogP contribution in [0, 0.1) is 5.41 Å². The Balaban J connectivity index is 2.23. The summed E-state index contributed by atoms with van der Waals surface area (Å²) in [5.41, 5.74) is -0.163.